The molecule has 0 unspecified atom stereocenters. The first kappa shape index (κ1) is 26.9. The molecule has 36 heavy (non-hydrogen) atoms. The van der Waals surface area contributed by atoms with Crippen LogP contribution in [0.15, 0.2) is 48.5 Å². The van der Waals surface area contributed by atoms with E-state index in [2.05, 4.69) is 10.2 Å². The van der Waals surface area contributed by atoms with Crippen LogP contribution in [-0.2, 0) is 19.1 Å². The molecule has 2 aliphatic heterocycles. The normalized spacial score (nSPS) is 20.9. The number of ether oxygens (including phenoxy) is 2. The zero-order valence-corrected chi connectivity index (χ0v) is 21.8. The first-order valence-electron chi connectivity index (χ1n) is 12.5. The van der Waals surface area contributed by atoms with Crippen molar-refractivity contribution in [1.82, 2.24) is 15.1 Å². The molecule has 0 spiro atoms. The van der Waals surface area contributed by atoms with Crippen molar-refractivity contribution in [2.45, 2.75) is 31.4 Å². The predicted molar refractivity (Wildman–Crippen MR) is 140 cm³/mol. The molecule has 9 heteroatoms. The molecule has 0 radical (unpaired) electrons. The zero-order chi connectivity index (χ0) is 25.3. The molecule has 2 atom stereocenters. The van der Waals surface area contributed by atoms with Gasteiger partial charge in [0.15, 0.2) is 0 Å². The first-order chi connectivity index (χ1) is 17.5. The molecule has 1 N–H and O–H groups in total. The fourth-order valence-electron chi connectivity index (χ4n) is 4.70. The number of nitrogens with zero attached hydrogens (tertiary/aromatic N) is 2. The minimum atomic E-state index is -0.329. The van der Waals surface area contributed by atoms with Gasteiger partial charge in [0.05, 0.1) is 19.3 Å². The van der Waals surface area contributed by atoms with E-state index in [9.17, 15) is 9.59 Å². The maximum Gasteiger partial charge on any atom is 0.249 e. The number of hydrogen-bond donors (Lipinski definition) is 1. The molecular formula is C27H33Cl2N3O4. The van der Waals surface area contributed by atoms with Gasteiger partial charge in [0, 0.05) is 49.2 Å². The smallest absolute Gasteiger partial charge is 0.249 e. The second kappa shape index (κ2) is 13.4. The zero-order valence-electron chi connectivity index (χ0n) is 20.3. The van der Waals surface area contributed by atoms with E-state index in [1.54, 1.807) is 0 Å². The third-order valence-electron chi connectivity index (χ3n) is 6.65. The van der Waals surface area contributed by atoms with Crippen molar-refractivity contribution in [3.63, 3.8) is 0 Å². The quantitative estimate of drug-likeness (QED) is 0.462. The Bertz CT molecular complexity index is 997. The molecule has 0 aromatic heterocycles. The lowest BCUT2D eigenvalue weighted by atomic mass is 9.92. The first-order valence-corrected chi connectivity index (χ1v) is 13.3. The topological polar surface area (TPSA) is 71.1 Å². The summed E-state index contributed by atoms with van der Waals surface area (Å²) in [5.41, 5.74) is 1.91. The van der Waals surface area contributed by atoms with Crippen molar-refractivity contribution in [2.24, 2.45) is 0 Å². The van der Waals surface area contributed by atoms with Crippen LogP contribution >= 0.6 is 23.2 Å². The van der Waals surface area contributed by atoms with Gasteiger partial charge in [0.2, 0.25) is 11.8 Å². The summed E-state index contributed by atoms with van der Waals surface area (Å²) in [6.07, 6.45) is 1.53. The molecule has 2 saturated heterocycles. The van der Waals surface area contributed by atoms with Gasteiger partial charge in [0.25, 0.3) is 0 Å². The molecule has 0 saturated carbocycles. The van der Waals surface area contributed by atoms with E-state index < -0.39 is 0 Å². The highest BCUT2D eigenvalue weighted by atomic mass is 35.5. The Hall–Kier alpha value is -2.16. The highest BCUT2D eigenvalue weighted by Crippen LogP contribution is 2.40. The van der Waals surface area contributed by atoms with Gasteiger partial charge in [-0.2, -0.15) is 0 Å². The third-order valence-corrected chi connectivity index (χ3v) is 7.15. The van der Waals surface area contributed by atoms with Crippen molar-refractivity contribution >= 4 is 35.0 Å². The number of halogens is 2. The second-order valence-corrected chi connectivity index (χ2v) is 10.0. The summed E-state index contributed by atoms with van der Waals surface area (Å²) in [7, 11) is 0. The Morgan fingerprint density at radius 3 is 2.22 bits per heavy atom. The lowest BCUT2D eigenvalue weighted by Gasteiger charge is -2.41. The summed E-state index contributed by atoms with van der Waals surface area (Å²) in [6, 6.07) is 14.8. The van der Waals surface area contributed by atoms with Crippen molar-refractivity contribution in [2.75, 3.05) is 52.5 Å². The van der Waals surface area contributed by atoms with Crippen LogP contribution in [0.1, 0.15) is 42.5 Å². The highest BCUT2D eigenvalue weighted by molar-refractivity contribution is 6.30. The van der Waals surface area contributed by atoms with E-state index >= 15 is 0 Å². The molecule has 2 aromatic rings. The Morgan fingerprint density at radius 2 is 1.56 bits per heavy atom. The summed E-state index contributed by atoms with van der Waals surface area (Å²) >= 11 is 12.2. The molecule has 194 valence electrons. The number of hydrogen-bond acceptors (Lipinski definition) is 5. The van der Waals surface area contributed by atoms with Crippen molar-refractivity contribution < 1.29 is 19.1 Å². The standard InChI is InChI=1S/C27H33Cl2N3O4/c28-22-8-4-20(5-9-22)26-27(21-6-10-23(29)11-7-21)36-19-25(34)32(26)13-2-1-3-24(33)30-12-14-31-15-17-35-18-16-31/h4-11,26-27H,1-3,12-19H2,(H,30,33)/t26-,27+/m1/s1. The van der Waals surface area contributed by atoms with Crippen LogP contribution < -0.4 is 5.32 Å². The van der Waals surface area contributed by atoms with Crippen molar-refractivity contribution in [3.05, 3.63) is 69.7 Å². The van der Waals surface area contributed by atoms with Gasteiger partial charge in [0.1, 0.15) is 12.7 Å². The molecule has 0 bridgehead atoms. The van der Waals surface area contributed by atoms with E-state index in [1.165, 1.54) is 0 Å². The molecule has 4 rings (SSSR count). The Kier molecular flexibility index (Phi) is 10.0. The molecular weight excluding hydrogens is 501 g/mol. The van der Waals surface area contributed by atoms with E-state index in [4.69, 9.17) is 32.7 Å². The fourth-order valence-corrected chi connectivity index (χ4v) is 4.95. The number of carbonyl (C=O) groups is 2. The monoisotopic (exact) mass is 533 g/mol. The van der Waals surface area contributed by atoms with Gasteiger partial charge in [-0.15, -0.1) is 0 Å². The van der Waals surface area contributed by atoms with Gasteiger partial charge in [-0.1, -0.05) is 47.5 Å². The fraction of sp³-hybridized carbons (Fsp3) is 0.481. The molecule has 2 fully saturated rings. The molecule has 2 amide bonds. The third kappa shape index (κ3) is 7.43. The van der Waals surface area contributed by atoms with Crippen molar-refractivity contribution in [3.8, 4) is 0 Å². The van der Waals surface area contributed by atoms with E-state index in [-0.39, 0.29) is 30.6 Å². The summed E-state index contributed by atoms with van der Waals surface area (Å²) in [5, 5.41) is 4.29. The lowest BCUT2D eigenvalue weighted by Crippen LogP contribution is -2.46. The number of benzene rings is 2. The van der Waals surface area contributed by atoms with E-state index in [0.717, 1.165) is 50.4 Å². The maximum absolute atomic E-state index is 13.0. The predicted octanol–water partition coefficient (Wildman–Crippen LogP) is 4.25. The van der Waals surface area contributed by atoms with Crippen LogP contribution in [0.2, 0.25) is 10.0 Å². The largest absolute Gasteiger partial charge is 0.379 e. The van der Waals surface area contributed by atoms with Crippen LogP contribution in [0.25, 0.3) is 0 Å². The van der Waals surface area contributed by atoms with Crippen LogP contribution in [0.4, 0.5) is 0 Å². The average molecular weight is 534 g/mol. The SMILES string of the molecule is O=C(CCCCN1C(=O)CO[C@@H](c2ccc(Cl)cc2)[C@H]1c1ccc(Cl)cc1)NCCN1CCOCC1. The Labute approximate surface area is 222 Å². The maximum atomic E-state index is 13.0. The van der Waals surface area contributed by atoms with Gasteiger partial charge in [-0.05, 0) is 48.2 Å². The number of nitrogens with one attached hydrogen (secondary N) is 1. The van der Waals surface area contributed by atoms with Crippen LogP contribution in [-0.4, -0.2) is 74.2 Å². The summed E-state index contributed by atoms with van der Waals surface area (Å²) in [5.74, 6) is -0.0139. The van der Waals surface area contributed by atoms with Gasteiger partial charge < -0.3 is 19.7 Å². The van der Waals surface area contributed by atoms with Gasteiger partial charge >= 0.3 is 0 Å². The lowest BCUT2D eigenvalue weighted by molar-refractivity contribution is -0.158. The molecule has 2 aliphatic rings. The van der Waals surface area contributed by atoms with Gasteiger partial charge in [-0.3, -0.25) is 14.5 Å². The van der Waals surface area contributed by atoms with Crippen LogP contribution in [0, 0.1) is 0 Å². The molecule has 0 aliphatic carbocycles. The van der Waals surface area contributed by atoms with E-state index in [0.29, 0.717) is 36.0 Å². The summed E-state index contributed by atoms with van der Waals surface area (Å²) in [6.45, 7) is 5.37. The number of morpholine rings is 2. The average Bonchev–Trinajstić information content (AvgIpc) is 2.89. The number of amides is 2. The highest BCUT2D eigenvalue weighted by Gasteiger charge is 2.38. The van der Waals surface area contributed by atoms with E-state index in [1.807, 2.05) is 53.4 Å². The van der Waals surface area contributed by atoms with Crippen molar-refractivity contribution in [1.29, 1.82) is 0 Å². The van der Waals surface area contributed by atoms with Crippen LogP contribution in [0.3, 0.4) is 0 Å². The summed E-state index contributed by atoms with van der Waals surface area (Å²) < 4.78 is 11.4. The van der Waals surface area contributed by atoms with Gasteiger partial charge in [-0.25, -0.2) is 0 Å². The Morgan fingerprint density at radius 1 is 0.917 bits per heavy atom. The summed E-state index contributed by atoms with van der Waals surface area (Å²) in [4.78, 5) is 29.4. The van der Waals surface area contributed by atoms with Crippen LogP contribution in [0.5, 0.6) is 0 Å². The number of unbranched alkanes of at least 4 members (excludes halogenated alkanes) is 1. The number of rotatable bonds is 10. The molecule has 2 aromatic carbocycles. The minimum absolute atomic E-state index is 0.0133. The Balaban J connectivity index is 1.34. The molecule has 7 nitrogen and oxygen atoms in total. The number of carbonyl (C=O) groups excluding carboxylic acids is 2. The minimum Gasteiger partial charge on any atom is -0.379 e. The second-order valence-electron chi connectivity index (χ2n) is 9.13. The molecule has 2 heterocycles.